The van der Waals surface area contributed by atoms with Gasteiger partial charge in [0.2, 0.25) is 0 Å². The third-order valence-electron chi connectivity index (χ3n) is 4.35. The number of benzene rings is 2. The highest BCUT2D eigenvalue weighted by atomic mass is 32.2. The number of carbonyl (C=O) groups is 1. The molecule has 0 radical (unpaired) electrons. The largest absolute Gasteiger partial charge is 0.321 e. The predicted molar refractivity (Wildman–Crippen MR) is 102 cm³/mol. The lowest BCUT2D eigenvalue weighted by Crippen LogP contribution is -2.15. The summed E-state index contributed by atoms with van der Waals surface area (Å²) in [5.74, 6) is 0.609. The van der Waals surface area contributed by atoms with E-state index in [1.165, 1.54) is 4.90 Å². The van der Waals surface area contributed by atoms with Crippen molar-refractivity contribution in [2.45, 2.75) is 24.5 Å². The van der Waals surface area contributed by atoms with Gasteiger partial charge in [-0.05, 0) is 43.2 Å². The lowest BCUT2D eigenvalue weighted by atomic mass is 10.1. The van der Waals surface area contributed by atoms with Crippen molar-refractivity contribution in [3.05, 3.63) is 64.8 Å². The molecular formula is C20H19N3OS. The summed E-state index contributed by atoms with van der Waals surface area (Å²) in [6.45, 7) is 4.05. The number of anilines is 1. The van der Waals surface area contributed by atoms with E-state index in [1.807, 2.05) is 49.8 Å². The molecule has 1 amide bonds. The topological polar surface area (TPSA) is 46.9 Å². The van der Waals surface area contributed by atoms with Crippen molar-refractivity contribution in [3.8, 4) is 11.3 Å². The van der Waals surface area contributed by atoms with Crippen LogP contribution >= 0.6 is 11.8 Å². The molecule has 25 heavy (non-hydrogen) atoms. The molecule has 4 nitrogen and oxygen atoms in total. The Morgan fingerprint density at radius 2 is 1.88 bits per heavy atom. The predicted octanol–water partition coefficient (Wildman–Crippen LogP) is 4.56. The number of fused-ring (bicyclic) bond motifs is 3. The summed E-state index contributed by atoms with van der Waals surface area (Å²) in [4.78, 5) is 14.1. The van der Waals surface area contributed by atoms with Crippen LogP contribution in [0.5, 0.6) is 0 Å². The van der Waals surface area contributed by atoms with E-state index >= 15 is 0 Å². The Bertz CT molecular complexity index is 970. The number of hydrogen-bond donors (Lipinski definition) is 1. The molecule has 1 N–H and O–H groups in total. The number of rotatable bonds is 2. The second kappa shape index (κ2) is 6.08. The maximum absolute atomic E-state index is 12.8. The number of aromatic nitrogens is 2. The van der Waals surface area contributed by atoms with Gasteiger partial charge in [0.1, 0.15) is 0 Å². The van der Waals surface area contributed by atoms with Crippen molar-refractivity contribution in [1.29, 1.82) is 0 Å². The standard InChI is InChI=1S/C20H19N3OS/c1-12-8-13(2)10-14(9-12)21-20(24)18-16-11-25-17-7-5-4-6-15(17)19(16)23(3)22-18/h4-10H,11H2,1-3H3,(H,21,24). The lowest BCUT2D eigenvalue weighted by molar-refractivity contribution is 0.102. The number of thioether (sulfide) groups is 1. The summed E-state index contributed by atoms with van der Waals surface area (Å²) >= 11 is 1.75. The number of amides is 1. The van der Waals surface area contributed by atoms with Crippen molar-refractivity contribution in [2.75, 3.05) is 5.32 Å². The molecular weight excluding hydrogens is 330 g/mol. The van der Waals surface area contributed by atoms with Crippen molar-refractivity contribution < 1.29 is 4.79 Å². The smallest absolute Gasteiger partial charge is 0.276 e. The quantitative estimate of drug-likeness (QED) is 0.738. The number of nitrogens with zero attached hydrogens (tertiary/aromatic N) is 2. The van der Waals surface area contributed by atoms with Gasteiger partial charge in [-0.15, -0.1) is 11.8 Å². The number of aryl methyl sites for hydroxylation is 3. The molecule has 0 saturated heterocycles. The van der Waals surface area contributed by atoms with Crippen LogP contribution in [0.2, 0.25) is 0 Å². The van der Waals surface area contributed by atoms with Crippen LogP contribution < -0.4 is 5.32 Å². The molecule has 0 unspecified atom stereocenters. The van der Waals surface area contributed by atoms with Crippen LogP contribution in [-0.2, 0) is 12.8 Å². The van der Waals surface area contributed by atoms with Crippen molar-refractivity contribution in [3.63, 3.8) is 0 Å². The van der Waals surface area contributed by atoms with Crippen LogP contribution in [0.25, 0.3) is 11.3 Å². The first-order chi connectivity index (χ1) is 12.0. The minimum Gasteiger partial charge on any atom is -0.321 e. The van der Waals surface area contributed by atoms with Gasteiger partial charge in [0.25, 0.3) is 5.91 Å². The second-order valence-corrected chi connectivity index (χ2v) is 7.43. The molecule has 5 heteroatoms. The van der Waals surface area contributed by atoms with Gasteiger partial charge in [0.05, 0.1) is 5.69 Å². The molecule has 1 aromatic heterocycles. The SMILES string of the molecule is Cc1cc(C)cc(NC(=O)c2nn(C)c3c2CSc2ccccc2-3)c1. The molecule has 2 aromatic carbocycles. The number of carbonyl (C=O) groups excluding carboxylic acids is 1. The lowest BCUT2D eigenvalue weighted by Gasteiger charge is -2.17. The van der Waals surface area contributed by atoms with E-state index in [9.17, 15) is 4.79 Å². The monoisotopic (exact) mass is 349 g/mol. The molecule has 126 valence electrons. The van der Waals surface area contributed by atoms with Gasteiger partial charge in [-0.3, -0.25) is 9.48 Å². The first kappa shape index (κ1) is 16.0. The molecule has 0 spiro atoms. The maximum Gasteiger partial charge on any atom is 0.276 e. The van der Waals surface area contributed by atoms with Gasteiger partial charge in [-0.2, -0.15) is 5.10 Å². The summed E-state index contributed by atoms with van der Waals surface area (Å²) < 4.78 is 1.82. The minimum absolute atomic E-state index is 0.151. The number of hydrogen-bond acceptors (Lipinski definition) is 3. The normalized spacial score (nSPS) is 12.4. The molecule has 1 aliphatic heterocycles. The Hall–Kier alpha value is -2.53. The van der Waals surface area contributed by atoms with Gasteiger partial charge < -0.3 is 5.32 Å². The maximum atomic E-state index is 12.8. The average Bonchev–Trinajstić information content (AvgIpc) is 2.91. The second-order valence-electron chi connectivity index (χ2n) is 6.41. The van der Waals surface area contributed by atoms with Crippen molar-refractivity contribution >= 4 is 23.4 Å². The Kier molecular flexibility index (Phi) is 3.88. The Morgan fingerprint density at radius 3 is 2.64 bits per heavy atom. The van der Waals surface area contributed by atoms with E-state index in [0.717, 1.165) is 39.4 Å². The van der Waals surface area contributed by atoms with E-state index < -0.39 is 0 Å². The van der Waals surface area contributed by atoms with Crippen molar-refractivity contribution in [2.24, 2.45) is 7.05 Å². The van der Waals surface area contributed by atoms with Gasteiger partial charge in [-0.1, -0.05) is 24.3 Å². The van der Waals surface area contributed by atoms with E-state index in [4.69, 9.17) is 0 Å². The van der Waals surface area contributed by atoms with Gasteiger partial charge >= 0.3 is 0 Å². The van der Waals surface area contributed by atoms with Crippen LogP contribution in [0.15, 0.2) is 47.4 Å². The fourth-order valence-electron chi connectivity index (χ4n) is 3.40. The summed E-state index contributed by atoms with van der Waals surface area (Å²) in [5, 5.41) is 7.53. The zero-order valence-electron chi connectivity index (χ0n) is 14.5. The number of nitrogens with one attached hydrogen (secondary N) is 1. The average molecular weight is 349 g/mol. The first-order valence-corrected chi connectivity index (χ1v) is 9.19. The molecule has 0 saturated carbocycles. The molecule has 4 rings (SSSR count). The highest BCUT2D eigenvalue weighted by Gasteiger charge is 2.27. The molecule has 0 fully saturated rings. The molecule has 0 aliphatic carbocycles. The van der Waals surface area contributed by atoms with Crippen LogP contribution in [0.1, 0.15) is 27.2 Å². The fraction of sp³-hybridized carbons (Fsp3) is 0.200. The molecule has 1 aliphatic rings. The van der Waals surface area contributed by atoms with Crippen molar-refractivity contribution in [1.82, 2.24) is 9.78 Å². The van der Waals surface area contributed by atoms with E-state index in [2.05, 4.69) is 28.6 Å². The molecule has 3 aromatic rings. The molecule has 0 bridgehead atoms. The Morgan fingerprint density at radius 1 is 1.16 bits per heavy atom. The highest BCUT2D eigenvalue weighted by molar-refractivity contribution is 7.98. The third kappa shape index (κ3) is 2.85. The summed E-state index contributed by atoms with van der Waals surface area (Å²) in [7, 11) is 1.90. The first-order valence-electron chi connectivity index (χ1n) is 8.20. The van der Waals surface area contributed by atoms with Crippen LogP contribution in [0.4, 0.5) is 5.69 Å². The van der Waals surface area contributed by atoms with E-state index in [0.29, 0.717) is 5.69 Å². The molecule has 0 atom stereocenters. The summed E-state index contributed by atoms with van der Waals surface area (Å²) in [6.07, 6.45) is 0. The van der Waals surface area contributed by atoms with E-state index in [1.54, 1.807) is 11.8 Å². The zero-order valence-corrected chi connectivity index (χ0v) is 15.3. The Labute approximate surface area is 151 Å². The zero-order chi connectivity index (χ0) is 17.6. The van der Waals surface area contributed by atoms with Gasteiger partial charge in [-0.25, -0.2) is 0 Å². The fourth-order valence-corrected chi connectivity index (χ4v) is 4.47. The van der Waals surface area contributed by atoms with Gasteiger partial charge in [0.15, 0.2) is 5.69 Å². The summed E-state index contributed by atoms with van der Waals surface area (Å²) in [5.41, 5.74) is 6.78. The van der Waals surface area contributed by atoms with Crippen LogP contribution in [0.3, 0.4) is 0 Å². The Balaban J connectivity index is 1.72. The highest BCUT2D eigenvalue weighted by Crippen LogP contribution is 2.42. The van der Waals surface area contributed by atoms with Crippen LogP contribution in [0, 0.1) is 13.8 Å². The van der Waals surface area contributed by atoms with Crippen LogP contribution in [-0.4, -0.2) is 15.7 Å². The van der Waals surface area contributed by atoms with E-state index in [-0.39, 0.29) is 5.91 Å². The summed E-state index contributed by atoms with van der Waals surface area (Å²) in [6, 6.07) is 14.3. The third-order valence-corrected chi connectivity index (χ3v) is 5.45. The molecule has 2 heterocycles. The van der Waals surface area contributed by atoms with Gasteiger partial charge in [0, 0.05) is 34.5 Å². The minimum atomic E-state index is -0.151.